The molecule has 2 heterocycles. The van der Waals surface area contributed by atoms with E-state index in [0.717, 1.165) is 13.3 Å². The van der Waals surface area contributed by atoms with Gasteiger partial charge < -0.3 is 10.4 Å². The first-order valence-corrected chi connectivity index (χ1v) is 7.71. The first-order chi connectivity index (χ1) is 11.0. The number of anilines is 1. The van der Waals surface area contributed by atoms with E-state index in [9.17, 15) is 23.5 Å². The molecule has 1 aliphatic carbocycles. The maximum absolute atomic E-state index is 13.4. The van der Waals surface area contributed by atoms with Crippen LogP contribution in [0.5, 0.6) is 0 Å². The number of rotatable bonds is 3. The van der Waals surface area contributed by atoms with Crippen molar-refractivity contribution in [3.8, 4) is 0 Å². The number of fused-ring (bicyclic) bond motifs is 1. The predicted molar refractivity (Wildman–Crippen MR) is 82.0 cm³/mol. The molecule has 2 N–H and O–H groups in total. The van der Waals surface area contributed by atoms with Gasteiger partial charge in [-0.3, -0.25) is 9.69 Å². The number of aryl methyl sites for hydroxylation is 1. The summed E-state index contributed by atoms with van der Waals surface area (Å²) in [6, 6.07) is 1.70. The van der Waals surface area contributed by atoms with Gasteiger partial charge in [-0.1, -0.05) is 13.0 Å². The molecule has 0 aromatic carbocycles. The molecule has 2 amide bonds. The van der Waals surface area contributed by atoms with Crippen molar-refractivity contribution in [1.29, 1.82) is 0 Å². The van der Waals surface area contributed by atoms with Crippen LogP contribution in [0.15, 0.2) is 12.1 Å². The van der Waals surface area contributed by atoms with E-state index in [1.165, 1.54) is 17.0 Å². The minimum Gasteiger partial charge on any atom is -0.465 e. The summed E-state index contributed by atoms with van der Waals surface area (Å²) in [5.74, 6) is -3.61. The predicted octanol–water partition coefficient (Wildman–Crippen LogP) is 2.97. The van der Waals surface area contributed by atoms with Crippen LogP contribution >= 0.6 is 0 Å². The molecule has 2 fully saturated rings. The van der Waals surface area contributed by atoms with Crippen LogP contribution in [-0.2, 0) is 10.7 Å². The van der Waals surface area contributed by atoms with Crippen molar-refractivity contribution in [2.75, 3.05) is 5.32 Å². The van der Waals surface area contributed by atoms with Crippen LogP contribution in [0.1, 0.15) is 37.9 Å². The molecule has 1 saturated carbocycles. The van der Waals surface area contributed by atoms with Crippen LogP contribution < -0.4 is 5.32 Å². The third-order valence-electron chi connectivity index (χ3n) is 4.95. The minimum absolute atomic E-state index is 0.0371. The number of amides is 2. The molecule has 24 heavy (non-hydrogen) atoms. The molecule has 130 valence electrons. The zero-order valence-corrected chi connectivity index (χ0v) is 13.6. The van der Waals surface area contributed by atoms with Gasteiger partial charge in [0, 0.05) is 13.0 Å². The van der Waals surface area contributed by atoms with Gasteiger partial charge in [-0.25, -0.2) is 9.78 Å². The fraction of sp³-hybridized carbons (Fsp3) is 0.562. The van der Waals surface area contributed by atoms with Gasteiger partial charge in [0.2, 0.25) is 5.91 Å². The summed E-state index contributed by atoms with van der Waals surface area (Å²) in [5, 5.41) is 11.9. The molecular formula is C16H19F2N3O3. The highest BCUT2D eigenvalue weighted by atomic mass is 19.3. The monoisotopic (exact) mass is 339 g/mol. The van der Waals surface area contributed by atoms with Gasteiger partial charge in [0.1, 0.15) is 17.6 Å². The fourth-order valence-corrected chi connectivity index (χ4v) is 3.38. The Balaban J connectivity index is 1.81. The van der Waals surface area contributed by atoms with Gasteiger partial charge in [0.25, 0.3) is 5.92 Å². The Labute approximate surface area is 137 Å². The molecule has 3 atom stereocenters. The number of nitrogens with zero attached hydrogens (tertiary/aromatic N) is 2. The molecule has 1 saturated heterocycles. The number of alkyl halides is 2. The Morgan fingerprint density at radius 1 is 1.42 bits per heavy atom. The number of carboxylic acid groups (broad SMARTS) is 1. The highest BCUT2D eigenvalue weighted by Gasteiger charge is 2.64. The second-order valence-electron chi connectivity index (χ2n) is 7.02. The molecule has 1 aromatic heterocycles. The molecule has 0 radical (unpaired) electrons. The van der Waals surface area contributed by atoms with E-state index in [0.29, 0.717) is 12.0 Å². The second kappa shape index (κ2) is 5.12. The lowest BCUT2D eigenvalue weighted by molar-refractivity contribution is -0.120. The summed E-state index contributed by atoms with van der Waals surface area (Å²) in [6.45, 7) is 4.32. The summed E-state index contributed by atoms with van der Waals surface area (Å²) >= 11 is 0. The molecule has 0 spiro atoms. The van der Waals surface area contributed by atoms with Gasteiger partial charge in [0.05, 0.1) is 0 Å². The molecule has 0 unspecified atom stereocenters. The first kappa shape index (κ1) is 16.6. The van der Waals surface area contributed by atoms with Crippen LogP contribution in [-0.4, -0.2) is 39.1 Å². The van der Waals surface area contributed by atoms with E-state index in [1.807, 2.05) is 6.92 Å². The lowest BCUT2D eigenvalue weighted by atomic mass is 10.0. The Morgan fingerprint density at radius 3 is 2.67 bits per heavy atom. The van der Waals surface area contributed by atoms with Crippen LogP contribution in [0, 0.1) is 12.3 Å². The molecule has 1 aliphatic heterocycles. The minimum atomic E-state index is -3.12. The number of halogens is 2. The maximum atomic E-state index is 13.4. The zero-order chi connectivity index (χ0) is 17.9. The Bertz CT molecular complexity index is 719. The normalized spacial score (nSPS) is 28.5. The SMILES string of the molecule is Cc1ccc(C(C)(F)F)nc1NC(=O)[C@@H]1C[C@@]2(C)C[C@H]2N1C(=O)O. The van der Waals surface area contributed by atoms with E-state index >= 15 is 0 Å². The lowest BCUT2D eigenvalue weighted by Gasteiger charge is -2.24. The van der Waals surface area contributed by atoms with Gasteiger partial charge in [-0.05, 0) is 36.8 Å². The van der Waals surface area contributed by atoms with Crippen molar-refractivity contribution in [2.45, 2.75) is 51.6 Å². The Morgan fingerprint density at radius 2 is 2.08 bits per heavy atom. The third kappa shape index (κ3) is 2.70. The molecule has 0 bridgehead atoms. The molecular weight excluding hydrogens is 320 g/mol. The average Bonchev–Trinajstić information content (AvgIpc) is 3.00. The van der Waals surface area contributed by atoms with Gasteiger partial charge in [-0.15, -0.1) is 0 Å². The number of piperidine rings is 1. The summed E-state index contributed by atoms with van der Waals surface area (Å²) in [7, 11) is 0. The van der Waals surface area contributed by atoms with Crippen molar-refractivity contribution < 1.29 is 23.5 Å². The first-order valence-electron chi connectivity index (χ1n) is 7.71. The maximum Gasteiger partial charge on any atom is 0.408 e. The van der Waals surface area contributed by atoms with Crippen molar-refractivity contribution in [3.05, 3.63) is 23.4 Å². The van der Waals surface area contributed by atoms with Crippen molar-refractivity contribution in [3.63, 3.8) is 0 Å². The molecule has 2 aliphatic rings. The molecule has 3 rings (SSSR count). The van der Waals surface area contributed by atoms with Crippen LogP contribution in [0.2, 0.25) is 0 Å². The smallest absolute Gasteiger partial charge is 0.408 e. The van der Waals surface area contributed by atoms with Gasteiger partial charge in [0.15, 0.2) is 0 Å². The number of likely N-dealkylation sites (tertiary alicyclic amines) is 1. The van der Waals surface area contributed by atoms with Gasteiger partial charge in [-0.2, -0.15) is 8.78 Å². The second-order valence-corrected chi connectivity index (χ2v) is 7.02. The van der Waals surface area contributed by atoms with Crippen LogP contribution in [0.4, 0.5) is 19.4 Å². The number of nitrogens with one attached hydrogen (secondary N) is 1. The number of hydrogen-bond acceptors (Lipinski definition) is 3. The summed E-state index contributed by atoms with van der Waals surface area (Å²) in [4.78, 5) is 28.9. The van der Waals surface area contributed by atoms with E-state index < -0.39 is 29.7 Å². The van der Waals surface area contributed by atoms with E-state index in [2.05, 4.69) is 10.3 Å². The van der Waals surface area contributed by atoms with Gasteiger partial charge >= 0.3 is 6.09 Å². The lowest BCUT2D eigenvalue weighted by Crippen LogP contribution is -2.45. The van der Waals surface area contributed by atoms with Crippen molar-refractivity contribution in [1.82, 2.24) is 9.88 Å². The highest BCUT2D eigenvalue weighted by Crippen LogP contribution is 2.59. The van der Waals surface area contributed by atoms with E-state index in [1.54, 1.807) is 6.92 Å². The Hall–Kier alpha value is -2.25. The Kier molecular flexibility index (Phi) is 3.54. The number of carbonyl (C=O) groups is 2. The molecule has 8 heteroatoms. The van der Waals surface area contributed by atoms with Crippen molar-refractivity contribution >= 4 is 17.8 Å². The highest BCUT2D eigenvalue weighted by molar-refractivity contribution is 5.97. The topological polar surface area (TPSA) is 82.5 Å². The number of hydrogen-bond donors (Lipinski definition) is 2. The number of aromatic nitrogens is 1. The fourth-order valence-electron chi connectivity index (χ4n) is 3.38. The molecule has 6 nitrogen and oxygen atoms in total. The molecule has 1 aromatic rings. The van der Waals surface area contributed by atoms with Crippen LogP contribution in [0.25, 0.3) is 0 Å². The summed E-state index contributed by atoms with van der Waals surface area (Å²) in [5.41, 5.74) is -0.0754. The number of carbonyl (C=O) groups excluding carboxylic acids is 1. The zero-order valence-electron chi connectivity index (χ0n) is 13.6. The average molecular weight is 339 g/mol. The third-order valence-corrected chi connectivity index (χ3v) is 4.95. The number of pyridine rings is 1. The van der Waals surface area contributed by atoms with E-state index in [-0.39, 0.29) is 17.3 Å². The quantitative estimate of drug-likeness (QED) is 0.887. The standard InChI is InChI=1S/C16H19F2N3O3/c1-8-4-5-10(16(3,17)18)19-12(8)20-13(22)9-6-15(2)7-11(15)21(9)14(23)24/h4-5,9,11H,6-7H2,1-3H3,(H,23,24)(H,19,20,22)/t9-,11+,15-/m0/s1. The summed E-state index contributed by atoms with van der Waals surface area (Å²) < 4.78 is 26.8. The largest absolute Gasteiger partial charge is 0.465 e. The summed E-state index contributed by atoms with van der Waals surface area (Å²) in [6.07, 6.45) is 0.0380. The van der Waals surface area contributed by atoms with Crippen molar-refractivity contribution in [2.24, 2.45) is 5.41 Å². The van der Waals surface area contributed by atoms with Crippen LogP contribution in [0.3, 0.4) is 0 Å². The van der Waals surface area contributed by atoms with E-state index in [4.69, 9.17) is 0 Å².